The van der Waals surface area contributed by atoms with Crippen molar-refractivity contribution in [2.45, 2.75) is 26.8 Å². The van der Waals surface area contributed by atoms with Crippen LogP contribution in [-0.2, 0) is 13.6 Å². The largest absolute Gasteiger partial charge is 0.312 e. The monoisotopic (exact) mass is 205 g/mol. The number of rotatable bonds is 3. The molecule has 0 spiro atoms. The van der Waals surface area contributed by atoms with Gasteiger partial charge in [0.25, 0.3) is 0 Å². The minimum absolute atomic E-state index is 0.889. The van der Waals surface area contributed by atoms with Crippen molar-refractivity contribution in [3.63, 3.8) is 0 Å². The molecule has 0 amide bonds. The van der Waals surface area contributed by atoms with E-state index in [2.05, 4.69) is 26.8 Å². The Bertz CT molecular complexity index is 454. The van der Waals surface area contributed by atoms with Crippen LogP contribution in [0.1, 0.15) is 19.0 Å². The third-order valence-corrected chi connectivity index (χ3v) is 2.31. The topological polar surface area (TPSA) is 48.5 Å². The fourth-order valence-electron chi connectivity index (χ4n) is 1.68. The fraction of sp³-hybridized carbons (Fsp3) is 0.500. The van der Waals surface area contributed by atoms with Crippen LogP contribution in [-0.4, -0.2) is 24.5 Å². The van der Waals surface area contributed by atoms with Crippen molar-refractivity contribution in [1.29, 1.82) is 0 Å². The highest BCUT2D eigenvalue weighted by atomic mass is 15.3. The Labute approximate surface area is 88.7 Å². The van der Waals surface area contributed by atoms with E-state index in [4.69, 9.17) is 0 Å². The maximum absolute atomic E-state index is 4.30. The Kier molecular flexibility index (Phi) is 2.53. The van der Waals surface area contributed by atoms with E-state index < -0.39 is 0 Å². The molecule has 0 saturated carbocycles. The maximum Gasteiger partial charge on any atom is 0.182 e. The summed E-state index contributed by atoms with van der Waals surface area (Å²) in [5.74, 6) is 0.889. The van der Waals surface area contributed by atoms with E-state index in [0.717, 1.165) is 30.2 Å². The summed E-state index contributed by atoms with van der Waals surface area (Å²) < 4.78 is 3.89. The van der Waals surface area contributed by atoms with Crippen LogP contribution in [0.15, 0.2) is 12.4 Å². The molecule has 0 atom stereocenters. The second kappa shape index (κ2) is 3.84. The average molecular weight is 205 g/mol. The lowest BCUT2D eigenvalue weighted by Crippen LogP contribution is -2.02. The van der Waals surface area contributed by atoms with E-state index in [1.54, 1.807) is 6.33 Å². The number of nitrogens with zero attached hydrogens (tertiary/aromatic N) is 5. The van der Waals surface area contributed by atoms with Gasteiger partial charge in [0, 0.05) is 13.6 Å². The average Bonchev–Trinajstić information content (AvgIpc) is 2.73. The molecule has 0 fully saturated rings. The normalized spacial score (nSPS) is 10.9. The molecule has 2 aromatic heterocycles. The van der Waals surface area contributed by atoms with Gasteiger partial charge in [-0.15, -0.1) is 10.2 Å². The second-order valence-corrected chi connectivity index (χ2v) is 3.64. The van der Waals surface area contributed by atoms with Gasteiger partial charge in [0.15, 0.2) is 5.82 Å². The van der Waals surface area contributed by atoms with Crippen molar-refractivity contribution in [3.05, 3.63) is 18.1 Å². The molecule has 15 heavy (non-hydrogen) atoms. The van der Waals surface area contributed by atoms with Crippen molar-refractivity contribution < 1.29 is 0 Å². The van der Waals surface area contributed by atoms with Gasteiger partial charge >= 0.3 is 0 Å². The van der Waals surface area contributed by atoms with Crippen molar-refractivity contribution in [3.8, 4) is 11.5 Å². The van der Waals surface area contributed by atoms with Gasteiger partial charge < -0.3 is 4.57 Å². The second-order valence-electron chi connectivity index (χ2n) is 3.64. The van der Waals surface area contributed by atoms with Crippen LogP contribution >= 0.6 is 0 Å². The van der Waals surface area contributed by atoms with Crippen molar-refractivity contribution in [1.82, 2.24) is 24.5 Å². The van der Waals surface area contributed by atoms with Crippen LogP contribution in [0.25, 0.3) is 11.5 Å². The first-order valence-electron chi connectivity index (χ1n) is 5.11. The fourth-order valence-corrected chi connectivity index (χ4v) is 1.68. The number of aromatic nitrogens is 5. The van der Waals surface area contributed by atoms with Crippen molar-refractivity contribution in [2.75, 3.05) is 0 Å². The van der Waals surface area contributed by atoms with Gasteiger partial charge in [-0.3, -0.25) is 4.68 Å². The summed E-state index contributed by atoms with van der Waals surface area (Å²) in [4.78, 5) is 0. The zero-order valence-corrected chi connectivity index (χ0v) is 9.30. The van der Waals surface area contributed by atoms with Crippen molar-refractivity contribution in [2.24, 2.45) is 7.05 Å². The molecule has 0 bridgehead atoms. The molecule has 5 nitrogen and oxygen atoms in total. The summed E-state index contributed by atoms with van der Waals surface area (Å²) in [6.45, 7) is 5.05. The third-order valence-electron chi connectivity index (χ3n) is 2.31. The Morgan fingerprint density at radius 1 is 1.40 bits per heavy atom. The lowest BCUT2D eigenvalue weighted by atomic mass is 10.3. The third kappa shape index (κ3) is 1.77. The summed E-state index contributed by atoms with van der Waals surface area (Å²) >= 11 is 0. The molecule has 0 radical (unpaired) electrons. The SMILES string of the molecule is CCCn1cnnc1-c1cc(C)nn1C. The zero-order valence-electron chi connectivity index (χ0n) is 9.30. The lowest BCUT2D eigenvalue weighted by Gasteiger charge is -2.04. The molecule has 0 unspecified atom stereocenters. The summed E-state index contributed by atoms with van der Waals surface area (Å²) in [6, 6.07) is 2.02. The summed E-state index contributed by atoms with van der Waals surface area (Å²) in [6.07, 6.45) is 2.84. The molecular weight excluding hydrogens is 190 g/mol. The predicted molar refractivity (Wildman–Crippen MR) is 57.3 cm³/mol. The van der Waals surface area contributed by atoms with Crippen LogP contribution in [0.2, 0.25) is 0 Å². The Morgan fingerprint density at radius 3 is 2.80 bits per heavy atom. The minimum atomic E-state index is 0.889. The van der Waals surface area contributed by atoms with Gasteiger partial charge in [0.2, 0.25) is 0 Å². The molecule has 0 aliphatic carbocycles. The standard InChI is InChI=1S/C10H15N5/c1-4-5-15-7-11-12-10(15)9-6-8(2)13-14(9)3/h6-7H,4-5H2,1-3H3. The summed E-state index contributed by atoms with van der Waals surface area (Å²) in [5.41, 5.74) is 2.01. The number of aryl methyl sites for hydroxylation is 3. The smallest absolute Gasteiger partial charge is 0.182 e. The molecule has 0 aliphatic rings. The van der Waals surface area contributed by atoms with Gasteiger partial charge in [-0.05, 0) is 19.4 Å². The van der Waals surface area contributed by atoms with E-state index in [1.807, 2.05) is 24.7 Å². The maximum atomic E-state index is 4.30. The van der Waals surface area contributed by atoms with Crippen LogP contribution in [0, 0.1) is 6.92 Å². The molecular formula is C10H15N5. The van der Waals surface area contributed by atoms with Crippen LogP contribution in [0.5, 0.6) is 0 Å². The molecule has 0 aromatic carbocycles. The number of hydrogen-bond donors (Lipinski definition) is 0. The molecule has 2 rings (SSSR count). The lowest BCUT2D eigenvalue weighted by molar-refractivity contribution is 0.672. The molecule has 0 aliphatic heterocycles. The summed E-state index contributed by atoms with van der Waals surface area (Å²) in [5, 5.41) is 12.4. The summed E-state index contributed by atoms with van der Waals surface area (Å²) in [7, 11) is 1.92. The van der Waals surface area contributed by atoms with Gasteiger partial charge in [0.1, 0.15) is 12.0 Å². The Morgan fingerprint density at radius 2 is 2.20 bits per heavy atom. The molecule has 80 valence electrons. The van der Waals surface area contributed by atoms with Gasteiger partial charge in [-0.1, -0.05) is 6.92 Å². The number of hydrogen-bond acceptors (Lipinski definition) is 3. The first-order valence-corrected chi connectivity index (χ1v) is 5.11. The molecule has 2 heterocycles. The van der Waals surface area contributed by atoms with Crippen LogP contribution in [0.3, 0.4) is 0 Å². The first kappa shape index (κ1) is 9.89. The molecule has 5 heteroatoms. The van der Waals surface area contributed by atoms with E-state index in [0.29, 0.717) is 0 Å². The predicted octanol–water partition coefficient (Wildman–Crippen LogP) is 1.40. The minimum Gasteiger partial charge on any atom is -0.312 e. The van der Waals surface area contributed by atoms with Gasteiger partial charge in [0.05, 0.1) is 5.69 Å². The highest BCUT2D eigenvalue weighted by Crippen LogP contribution is 2.16. The van der Waals surface area contributed by atoms with Crippen molar-refractivity contribution >= 4 is 0 Å². The highest BCUT2D eigenvalue weighted by molar-refractivity contribution is 5.50. The van der Waals surface area contributed by atoms with Crippen LogP contribution in [0.4, 0.5) is 0 Å². The molecule has 0 saturated heterocycles. The van der Waals surface area contributed by atoms with Gasteiger partial charge in [-0.25, -0.2) is 0 Å². The van der Waals surface area contributed by atoms with Gasteiger partial charge in [-0.2, -0.15) is 5.10 Å². The van der Waals surface area contributed by atoms with E-state index in [-0.39, 0.29) is 0 Å². The Balaban J connectivity index is 2.44. The van der Waals surface area contributed by atoms with Crippen LogP contribution < -0.4 is 0 Å². The van der Waals surface area contributed by atoms with E-state index in [1.165, 1.54) is 0 Å². The zero-order chi connectivity index (χ0) is 10.8. The quantitative estimate of drug-likeness (QED) is 0.761. The van der Waals surface area contributed by atoms with E-state index >= 15 is 0 Å². The first-order chi connectivity index (χ1) is 7.22. The highest BCUT2D eigenvalue weighted by Gasteiger charge is 2.11. The van der Waals surface area contributed by atoms with E-state index in [9.17, 15) is 0 Å². The molecule has 0 N–H and O–H groups in total. The molecule has 2 aromatic rings. The Hall–Kier alpha value is -1.65.